The van der Waals surface area contributed by atoms with Gasteiger partial charge in [0.2, 0.25) is 23.8 Å². The number of hydrazone groups is 1. The predicted molar refractivity (Wildman–Crippen MR) is 124 cm³/mol. The summed E-state index contributed by atoms with van der Waals surface area (Å²) in [6, 6.07) is 7.42. The van der Waals surface area contributed by atoms with Crippen LogP contribution in [0.25, 0.3) is 0 Å². The Morgan fingerprint density at radius 1 is 0.968 bits per heavy atom. The number of amides is 1. The SMILES string of the molecule is C/C(=N/Nc1nc(N2CCCC2)nc(N2CCCC2)n1)c1ccc(NC(=O)CCl)cc1. The number of anilines is 4. The molecular weight excluding hydrogens is 416 g/mol. The van der Waals surface area contributed by atoms with E-state index < -0.39 is 0 Å². The number of nitrogens with one attached hydrogen (secondary N) is 2. The van der Waals surface area contributed by atoms with Gasteiger partial charge in [-0.05, 0) is 50.3 Å². The highest BCUT2D eigenvalue weighted by Crippen LogP contribution is 2.23. The number of hydrogen-bond donors (Lipinski definition) is 2. The van der Waals surface area contributed by atoms with E-state index in [1.165, 1.54) is 0 Å². The van der Waals surface area contributed by atoms with Crippen LogP contribution >= 0.6 is 11.6 Å². The minimum absolute atomic E-state index is 0.0725. The summed E-state index contributed by atoms with van der Waals surface area (Å²) in [6.45, 7) is 5.79. The Kier molecular flexibility index (Phi) is 6.81. The number of alkyl halides is 1. The van der Waals surface area contributed by atoms with E-state index in [9.17, 15) is 4.79 Å². The molecule has 2 N–H and O–H groups in total. The van der Waals surface area contributed by atoms with Crippen molar-refractivity contribution in [3.63, 3.8) is 0 Å². The van der Waals surface area contributed by atoms with E-state index in [1.807, 2.05) is 31.2 Å². The molecule has 2 saturated heterocycles. The molecule has 2 fully saturated rings. The molecule has 0 radical (unpaired) electrons. The minimum Gasteiger partial charge on any atom is -0.341 e. The van der Waals surface area contributed by atoms with Crippen LogP contribution in [-0.4, -0.2) is 58.6 Å². The first-order chi connectivity index (χ1) is 15.1. The fourth-order valence-electron chi connectivity index (χ4n) is 3.71. The summed E-state index contributed by atoms with van der Waals surface area (Å²) in [5.74, 6) is 1.56. The number of aromatic nitrogens is 3. The Bertz CT molecular complexity index is 903. The van der Waals surface area contributed by atoms with Gasteiger partial charge in [-0.15, -0.1) is 11.6 Å². The molecule has 10 heteroatoms. The Labute approximate surface area is 186 Å². The number of rotatable bonds is 7. The molecule has 2 aliphatic rings. The molecule has 1 amide bonds. The summed E-state index contributed by atoms with van der Waals surface area (Å²) in [5.41, 5.74) is 5.40. The van der Waals surface area contributed by atoms with Crippen molar-refractivity contribution in [2.45, 2.75) is 32.6 Å². The fourth-order valence-corrected chi connectivity index (χ4v) is 3.78. The first kappa shape index (κ1) is 21.3. The lowest BCUT2D eigenvalue weighted by Gasteiger charge is -2.20. The number of carbonyl (C=O) groups excluding carboxylic acids is 1. The Morgan fingerprint density at radius 2 is 1.52 bits per heavy atom. The zero-order chi connectivity index (χ0) is 21.6. The zero-order valence-electron chi connectivity index (χ0n) is 17.6. The van der Waals surface area contributed by atoms with Crippen molar-refractivity contribution in [3.8, 4) is 0 Å². The van der Waals surface area contributed by atoms with Crippen molar-refractivity contribution in [3.05, 3.63) is 29.8 Å². The molecule has 2 aliphatic heterocycles. The van der Waals surface area contributed by atoms with Crippen molar-refractivity contribution in [1.82, 2.24) is 15.0 Å². The normalized spacial score (nSPS) is 16.6. The molecule has 31 heavy (non-hydrogen) atoms. The molecule has 4 rings (SSSR count). The lowest BCUT2D eigenvalue weighted by atomic mass is 10.1. The van der Waals surface area contributed by atoms with Gasteiger partial charge in [0.15, 0.2) is 0 Å². The predicted octanol–water partition coefficient (Wildman–Crippen LogP) is 3.09. The molecule has 1 aromatic carbocycles. The lowest BCUT2D eigenvalue weighted by Crippen LogP contribution is -2.25. The smallest absolute Gasteiger partial charge is 0.250 e. The molecule has 0 atom stereocenters. The van der Waals surface area contributed by atoms with E-state index in [0.717, 1.165) is 63.1 Å². The van der Waals surface area contributed by atoms with Gasteiger partial charge in [-0.3, -0.25) is 4.79 Å². The van der Waals surface area contributed by atoms with Crippen LogP contribution in [0.5, 0.6) is 0 Å². The van der Waals surface area contributed by atoms with Gasteiger partial charge in [-0.25, -0.2) is 5.43 Å². The molecule has 1 aromatic heterocycles. The minimum atomic E-state index is -0.237. The Hall–Kier alpha value is -2.94. The summed E-state index contributed by atoms with van der Waals surface area (Å²) in [4.78, 5) is 29.7. The van der Waals surface area contributed by atoms with Gasteiger partial charge < -0.3 is 15.1 Å². The van der Waals surface area contributed by atoms with E-state index in [4.69, 9.17) is 16.6 Å². The average Bonchev–Trinajstić information content (AvgIpc) is 3.52. The van der Waals surface area contributed by atoms with Crippen LogP contribution < -0.4 is 20.5 Å². The molecule has 2 aromatic rings. The molecular formula is C21H27ClN8O. The number of benzene rings is 1. The molecule has 0 bridgehead atoms. The second kappa shape index (κ2) is 9.91. The molecule has 3 heterocycles. The highest BCUT2D eigenvalue weighted by molar-refractivity contribution is 6.29. The largest absolute Gasteiger partial charge is 0.341 e. The second-order valence-corrected chi connectivity index (χ2v) is 7.98. The summed E-state index contributed by atoms with van der Waals surface area (Å²) < 4.78 is 0. The number of halogens is 1. The van der Waals surface area contributed by atoms with Crippen molar-refractivity contribution < 1.29 is 4.79 Å². The summed E-state index contributed by atoms with van der Waals surface area (Å²) in [6.07, 6.45) is 4.64. The van der Waals surface area contributed by atoms with E-state index in [-0.39, 0.29) is 11.8 Å². The maximum Gasteiger partial charge on any atom is 0.250 e. The van der Waals surface area contributed by atoms with Crippen LogP contribution in [-0.2, 0) is 4.79 Å². The maximum atomic E-state index is 11.4. The van der Waals surface area contributed by atoms with Crippen LogP contribution in [0, 0.1) is 0 Å². The van der Waals surface area contributed by atoms with Crippen molar-refractivity contribution in [2.75, 3.05) is 52.6 Å². The standard InChI is InChI=1S/C21H27ClN8O/c1-15(16-6-8-17(9-7-16)23-18(31)14-22)27-28-19-24-20(29-10-2-3-11-29)26-21(25-19)30-12-4-5-13-30/h6-9H,2-5,10-14H2,1H3,(H,23,31)(H,24,25,26,28)/b27-15-. The molecule has 0 spiro atoms. The van der Waals surface area contributed by atoms with E-state index in [1.54, 1.807) is 0 Å². The summed E-state index contributed by atoms with van der Waals surface area (Å²) >= 11 is 5.53. The van der Waals surface area contributed by atoms with E-state index in [0.29, 0.717) is 23.5 Å². The molecule has 164 valence electrons. The number of nitrogens with zero attached hydrogens (tertiary/aromatic N) is 6. The van der Waals surface area contributed by atoms with Crippen LogP contribution in [0.4, 0.5) is 23.5 Å². The Morgan fingerprint density at radius 3 is 2.03 bits per heavy atom. The van der Waals surface area contributed by atoms with Crippen molar-refractivity contribution in [1.29, 1.82) is 0 Å². The van der Waals surface area contributed by atoms with Gasteiger partial charge in [0.1, 0.15) is 5.88 Å². The van der Waals surface area contributed by atoms with Crippen LogP contribution in [0.3, 0.4) is 0 Å². The van der Waals surface area contributed by atoms with Crippen LogP contribution in [0.2, 0.25) is 0 Å². The topological polar surface area (TPSA) is 98.6 Å². The fraction of sp³-hybridized carbons (Fsp3) is 0.476. The van der Waals surface area contributed by atoms with Crippen molar-refractivity contribution in [2.24, 2.45) is 5.10 Å². The Balaban J connectivity index is 1.50. The second-order valence-electron chi connectivity index (χ2n) is 7.72. The van der Waals surface area contributed by atoms with Gasteiger partial charge in [0, 0.05) is 31.9 Å². The lowest BCUT2D eigenvalue weighted by molar-refractivity contribution is -0.113. The van der Waals surface area contributed by atoms with Gasteiger partial charge in [0.05, 0.1) is 5.71 Å². The summed E-state index contributed by atoms with van der Waals surface area (Å²) in [7, 11) is 0. The van der Waals surface area contributed by atoms with E-state index >= 15 is 0 Å². The molecule has 9 nitrogen and oxygen atoms in total. The molecule has 0 unspecified atom stereocenters. The zero-order valence-corrected chi connectivity index (χ0v) is 18.4. The van der Waals surface area contributed by atoms with Crippen LogP contribution in [0.15, 0.2) is 29.4 Å². The third kappa shape index (κ3) is 5.41. The van der Waals surface area contributed by atoms with Gasteiger partial charge in [-0.1, -0.05) is 12.1 Å². The van der Waals surface area contributed by atoms with Gasteiger partial charge in [0.25, 0.3) is 0 Å². The quantitative estimate of drug-likeness (QED) is 0.386. The van der Waals surface area contributed by atoms with E-state index in [2.05, 4.69) is 35.6 Å². The monoisotopic (exact) mass is 442 g/mol. The third-order valence-corrected chi connectivity index (χ3v) is 5.66. The summed E-state index contributed by atoms with van der Waals surface area (Å²) in [5, 5.41) is 7.19. The molecule has 0 saturated carbocycles. The number of hydrogen-bond acceptors (Lipinski definition) is 8. The molecule has 0 aliphatic carbocycles. The highest BCUT2D eigenvalue weighted by Gasteiger charge is 2.21. The first-order valence-electron chi connectivity index (χ1n) is 10.6. The average molecular weight is 443 g/mol. The first-order valence-corrected chi connectivity index (χ1v) is 11.2. The maximum absolute atomic E-state index is 11.4. The van der Waals surface area contributed by atoms with Gasteiger partial charge >= 0.3 is 0 Å². The number of carbonyl (C=O) groups is 1. The van der Waals surface area contributed by atoms with Crippen LogP contribution in [0.1, 0.15) is 38.2 Å². The van der Waals surface area contributed by atoms with Gasteiger partial charge in [-0.2, -0.15) is 20.1 Å². The highest BCUT2D eigenvalue weighted by atomic mass is 35.5. The van der Waals surface area contributed by atoms with Crippen molar-refractivity contribution >= 4 is 46.8 Å². The third-order valence-electron chi connectivity index (χ3n) is 5.42.